The van der Waals surface area contributed by atoms with E-state index in [4.69, 9.17) is 0 Å². The zero-order chi connectivity index (χ0) is 22.9. The van der Waals surface area contributed by atoms with E-state index in [1.165, 1.54) is 0 Å². The number of pyridine rings is 1. The fraction of sp³-hybridized carbons (Fsp3) is 0.348. The van der Waals surface area contributed by atoms with Crippen LogP contribution in [-0.2, 0) is 16.1 Å². The Hall–Kier alpha value is -3.79. The molecule has 10 heteroatoms. The number of rotatable bonds is 5. The Bertz CT molecular complexity index is 1140. The molecule has 1 aromatic heterocycles. The number of fused-ring (bicyclic) bond motifs is 1. The van der Waals surface area contributed by atoms with Gasteiger partial charge in [-0.3, -0.25) is 34.4 Å². The van der Waals surface area contributed by atoms with Crippen LogP contribution in [0.3, 0.4) is 0 Å². The summed E-state index contributed by atoms with van der Waals surface area (Å²) in [6, 6.07) is 6.13. The highest BCUT2D eigenvalue weighted by atomic mass is 16.2. The molecule has 5 rings (SSSR count). The van der Waals surface area contributed by atoms with Gasteiger partial charge < -0.3 is 15.5 Å². The minimum atomic E-state index is -0.964. The number of imide groups is 2. The number of hydrogen-bond donors (Lipinski definition) is 3. The van der Waals surface area contributed by atoms with Gasteiger partial charge in [0.2, 0.25) is 11.8 Å². The van der Waals surface area contributed by atoms with Gasteiger partial charge in [-0.15, -0.1) is 0 Å². The van der Waals surface area contributed by atoms with Crippen LogP contribution in [0.4, 0.5) is 11.4 Å². The highest BCUT2D eigenvalue weighted by molar-refractivity contribution is 6.23. The minimum absolute atomic E-state index is 0.0967. The molecule has 0 bridgehead atoms. The zero-order valence-electron chi connectivity index (χ0n) is 18.0. The van der Waals surface area contributed by atoms with Crippen molar-refractivity contribution in [3.63, 3.8) is 0 Å². The molecule has 2 saturated heterocycles. The molecule has 3 N–H and O–H groups in total. The molecule has 0 saturated carbocycles. The second-order valence-corrected chi connectivity index (χ2v) is 8.31. The SMILES string of the molecule is O=C1CCC(N2C(=O)c3ccc(CNc4cnccc4N4CCNCC4)cc3C2=O)C(=O)N1. The summed E-state index contributed by atoms with van der Waals surface area (Å²) in [5.41, 5.74) is 3.35. The van der Waals surface area contributed by atoms with Crippen LogP contribution in [0.1, 0.15) is 39.1 Å². The first-order valence-corrected chi connectivity index (χ1v) is 11.0. The quantitative estimate of drug-likeness (QED) is 0.565. The normalized spacial score (nSPS) is 20.7. The Balaban J connectivity index is 1.33. The molecule has 1 aromatic carbocycles. The fourth-order valence-electron chi connectivity index (χ4n) is 4.53. The summed E-state index contributed by atoms with van der Waals surface area (Å²) in [5, 5.41) is 8.95. The van der Waals surface area contributed by atoms with Crippen LogP contribution in [0.2, 0.25) is 0 Å². The lowest BCUT2D eigenvalue weighted by Gasteiger charge is -2.31. The third-order valence-electron chi connectivity index (χ3n) is 6.24. The monoisotopic (exact) mass is 448 g/mol. The Morgan fingerprint density at radius 3 is 2.61 bits per heavy atom. The van der Waals surface area contributed by atoms with Gasteiger partial charge in [0.15, 0.2) is 0 Å². The molecular weight excluding hydrogens is 424 g/mol. The number of nitrogens with zero attached hydrogens (tertiary/aromatic N) is 3. The lowest BCUT2D eigenvalue weighted by atomic mass is 10.0. The number of nitrogens with one attached hydrogen (secondary N) is 3. The third-order valence-corrected chi connectivity index (χ3v) is 6.24. The molecule has 1 unspecified atom stereocenters. The highest BCUT2D eigenvalue weighted by Gasteiger charge is 2.44. The van der Waals surface area contributed by atoms with Gasteiger partial charge >= 0.3 is 0 Å². The van der Waals surface area contributed by atoms with Crippen LogP contribution in [0.25, 0.3) is 0 Å². The summed E-state index contributed by atoms with van der Waals surface area (Å²) in [6.45, 7) is 4.10. The molecule has 4 heterocycles. The second kappa shape index (κ2) is 8.62. The molecule has 0 aliphatic carbocycles. The smallest absolute Gasteiger partial charge is 0.262 e. The van der Waals surface area contributed by atoms with E-state index >= 15 is 0 Å². The summed E-state index contributed by atoms with van der Waals surface area (Å²) in [4.78, 5) is 57.0. The maximum Gasteiger partial charge on any atom is 0.262 e. The number of piperidine rings is 1. The lowest BCUT2D eigenvalue weighted by molar-refractivity contribution is -0.136. The van der Waals surface area contributed by atoms with Crippen molar-refractivity contribution in [3.05, 3.63) is 53.3 Å². The van der Waals surface area contributed by atoms with Gasteiger partial charge in [0, 0.05) is 45.3 Å². The van der Waals surface area contributed by atoms with E-state index in [2.05, 4.69) is 25.8 Å². The number of carbonyl (C=O) groups excluding carboxylic acids is 4. The molecule has 3 aliphatic rings. The molecule has 3 aliphatic heterocycles. The van der Waals surface area contributed by atoms with Crippen molar-refractivity contribution in [3.8, 4) is 0 Å². The van der Waals surface area contributed by atoms with E-state index < -0.39 is 29.7 Å². The van der Waals surface area contributed by atoms with E-state index in [0.29, 0.717) is 6.54 Å². The van der Waals surface area contributed by atoms with Gasteiger partial charge in [0.05, 0.1) is 28.7 Å². The Labute approximate surface area is 190 Å². The van der Waals surface area contributed by atoms with Gasteiger partial charge in [-0.25, -0.2) is 0 Å². The third kappa shape index (κ3) is 3.93. The van der Waals surface area contributed by atoms with Gasteiger partial charge in [-0.2, -0.15) is 0 Å². The van der Waals surface area contributed by atoms with Crippen molar-refractivity contribution in [2.45, 2.75) is 25.4 Å². The average molecular weight is 448 g/mol. The standard InChI is InChI=1S/C23H24N6O4/c30-20-4-3-19(21(31)27-20)29-22(32)15-2-1-14(11-16(15)23(29)33)12-26-17-13-25-6-5-18(17)28-9-7-24-8-10-28/h1-2,5-6,11,13,19,24,26H,3-4,7-10,12H2,(H,27,30,31). The topological polar surface area (TPSA) is 124 Å². The number of aromatic nitrogens is 1. The lowest BCUT2D eigenvalue weighted by Crippen LogP contribution is -2.54. The zero-order valence-corrected chi connectivity index (χ0v) is 18.0. The van der Waals surface area contributed by atoms with Gasteiger partial charge in [0.25, 0.3) is 11.8 Å². The van der Waals surface area contributed by atoms with Crippen molar-refractivity contribution in [1.29, 1.82) is 0 Å². The van der Waals surface area contributed by atoms with Crippen LogP contribution in [0, 0.1) is 0 Å². The molecule has 4 amide bonds. The second-order valence-electron chi connectivity index (χ2n) is 8.31. The highest BCUT2D eigenvalue weighted by Crippen LogP contribution is 2.29. The van der Waals surface area contributed by atoms with Crippen LogP contribution >= 0.6 is 0 Å². The maximum absolute atomic E-state index is 13.0. The Morgan fingerprint density at radius 2 is 1.82 bits per heavy atom. The van der Waals surface area contributed by atoms with E-state index in [0.717, 1.165) is 48.0 Å². The number of piperazine rings is 1. The van der Waals surface area contributed by atoms with Crippen LogP contribution < -0.4 is 20.9 Å². The van der Waals surface area contributed by atoms with Crippen molar-refractivity contribution < 1.29 is 19.2 Å². The first-order valence-electron chi connectivity index (χ1n) is 11.0. The molecule has 2 aromatic rings. The van der Waals surface area contributed by atoms with Crippen molar-refractivity contribution >= 4 is 35.0 Å². The summed E-state index contributed by atoms with van der Waals surface area (Å²) < 4.78 is 0. The largest absolute Gasteiger partial charge is 0.378 e. The first kappa shape index (κ1) is 21.1. The van der Waals surface area contributed by atoms with Crippen molar-refractivity contribution in [2.24, 2.45) is 0 Å². The fourth-order valence-corrected chi connectivity index (χ4v) is 4.53. The van der Waals surface area contributed by atoms with Crippen molar-refractivity contribution in [2.75, 3.05) is 36.4 Å². The van der Waals surface area contributed by atoms with Gasteiger partial charge in [-0.1, -0.05) is 6.07 Å². The summed E-state index contributed by atoms with van der Waals surface area (Å²) in [5.74, 6) is -2.01. The number of amides is 4. The summed E-state index contributed by atoms with van der Waals surface area (Å²) in [6.07, 6.45) is 3.79. The summed E-state index contributed by atoms with van der Waals surface area (Å²) >= 11 is 0. The molecule has 170 valence electrons. The molecule has 33 heavy (non-hydrogen) atoms. The van der Waals surface area contributed by atoms with Gasteiger partial charge in [0.1, 0.15) is 6.04 Å². The number of hydrogen-bond acceptors (Lipinski definition) is 8. The number of carbonyl (C=O) groups is 4. The molecule has 1 atom stereocenters. The van der Waals surface area contributed by atoms with Crippen LogP contribution in [0.15, 0.2) is 36.7 Å². The summed E-state index contributed by atoms with van der Waals surface area (Å²) in [7, 11) is 0. The molecule has 0 radical (unpaired) electrons. The first-order chi connectivity index (χ1) is 16.0. The van der Waals surface area contributed by atoms with E-state index in [-0.39, 0.29) is 24.0 Å². The average Bonchev–Trinajstić information content (AvgIpc) is 3.08. The van der Waals surface area contributed by atoms with E-state index in [9.17, 15) is 19.2 Å². The predicted molar refractivity (Wildman–Crippen MR) is 120 cm³/mol. The van der Waals surface area contributed by atoms with E-state index in [1.54, 1.807) is 30.6 Å². The number of benzene rings is 1. The Morgan fingerprint density at radius 1 is 1.03 bits per heavy atom. The predicted octanol–water partition coefficient (Wildman–Crippen LogP) is 0.505. The molecule has 10 nitrogen and oxygen atoms in total. The maximum atomic E-state index is 13.0. The van der Waals surface area contributed by atoms with Crippen LogP contribution in [0.5, 0.6) is 0 Å². The minimum Gasteiger partial charge on any atom is -0.378 e. The Kier molecular flexibility index (Phi) is 5.51. The number of anilines is 2. The van der Waals surface area contributed by atoms with Crippen LogP contribution in [-0.4, -0.2) is 65.7 Å². The van der Waals surface area contributed by atoms with Gasteiger partial charge in [-0.05, 0) is 30.2 Å². The molecule has 2 fully saturated rings. The molecular formula is C23H24N6O4. The van der Waals surface area contributed by atoms with Crippen molar-refractivity contribution in [1.82, 2.24) is 20.5 Å². The van der Waals surface area contributed by atoms with E-state index in [1.807, 2.05) is 6.07 Å². The molecule has 0 spiro atoms.